The van der Waals surface area contributed by atoms with Crippen molar-refractivity contribution in [2.24, 2.45) is 5.41 Å². The third-order valence-corrected chi connectivity index (χ3v) is 4.31. The normalized spacial score (nSPS) is 20.9. The topological polar surface area (TPSA) is 90.5 Å². The molecular weight excluding hydrogens is 303 g/mol. The molecule has 1 aromatic carbocycles. The zero-order chi connectivity index (χ0) is 16.8. The van der Waals surface area contributed by atoms with Crippen molar-refractivity contribution < 1.29 is 19.1 Å². The van der Waals surface area contributed by atoms with Crippen LogP contribution in [0.3, 0.4) is 0 Å². The summed E-state index contributed by atoms with van der Waals surface area (Å²) < 4.78 is 13.3. The lowest BCUT2D eigenvalue weighted by atomic mass is 9.90. The van der Waals surface area contributed by atoms with E-state index in [1.165, 1.54) is 23.1 Å². The summed E-state index contributed by atoms with van der Waals surface area (Å²) in [6.45, 7) is 1.97. The van der Waals surface area contributed by atoms with Gasteiger partial charge in [-0.25, -0.2) is 4.39 Å². The lowest BCUT2D eigenvalue weighted by Gasteiger charge is -2.20. The van der Waals surface area contributed by atoms with Crippen LogP contribution in [0.25, 0.3) is 10.9 Å². The number of halogens is 1. The van der Waals surface area contributed by atoms with E-state index in [4.69, 9.17) is 0 Å². The van der Waals surface area contributed by atoms with E-state index in [0.717, 1.165) is 6.07 Å². The predicted octanol–water partition coefficient (Wildman–Crippen LogP) is 1.60. The van der Waals surface area contributed by atoms with Crippen LogP contribution in [0.1, 0.15) is 23.7 Å². The molecule has 1 fully saturated rings. The molecule has 0 aliphatic carbocycles. The first-order valence-electron chi connectivity index (χ1n) is 7.15. The monoisotopic (exact) mass is 318 g/mol. The van der Waals surface area contributed by atoms with Gasteiger partial charge in [-0.15, -0.1) is 0 Å². The molecule has 0 spiro atoms. The fourth-order valence-electron chi connectivity index (χ4n) is 2.89. The Hall–Kier alpha value is -2.70. The van der Waals surface area contributed by atoms with Crippen LogP contribution in [0.5, 0.6) is 0 Å². The first kappa shape index (κ1) is 15.2. The Bertz CT molecular complexity index is 876. The van der Waals surface area contributed by atoms with Crippen molar-refractivity contribution in [1.82, 2.24) is 9.88 Å². The van der Waals surface area contributed by atoms with Gasteiger partial charge in [-0.2, -0.15) is 0 Å². The second-order valence-electron chi connectivity index (χ2n) is 6.08. The zero-order valence-electron chi connectivity index (χ0n) is 12.4. The number of likely N-dealkylation sites (tertiary alicyclic amines) is 1. The summed E-state index contributed by atoms with van der Waals surface area (Å²) in [5, 5.41) is 9.68. The zero-order valence-corrected chi connectivity index (χ0v) is 12.4. The lowest BCUT2D eigenvalue weighted by molar-refractivity contribution is -0.147. The summed E-state index contributed by atoms with van der Waals surface area (Å²) in [5.41, 5.74) is -1.11. The number of aliphatic carboxylic acids is 1. The minimum Gasteiger partial charge on any atom is -0.481 e. The van der Waals surface area contributed by atoms with E-state index in [1.54, 1.807) is 6.92 Å². The molecule has 6 nitrogen and oxygen atoms in total. The number of nitrogens with one attached hydrogen (secondary N) is 1. The van der Waals surface area contributed by atoms with Gasteiger partial charge in [0.05, 0.1) is 16.5 Å². The molecule has 23 heavy (non-hydrogen) atoms. The largest absolute Gasteiger partial charge is 0.481 e. The number of pyridine rings is 1. The van der Waals surface area contributed by atoms with Gasteiger partial charge >= 0.3 is 5.97 Å². The summed E-state index contributed by atoms with van der Waals surface area (Å²) in [6, 6.07) is 4.96. The maximum atomic E-state index is 13.3. The Morgan fingerprint density at radius 2 is 2.09 bits per heavy atom. The molecule has 2 N–H and O–H groups in total. The number of hydrogen-bond acceptors (Lipinski definition) is 3. The van der Waals surface area contributed by atoms with Crippen molar-refractivity contribution in [2.45, 2.75) is 13.3 Å². The number of fused-ring (bicyclic) bond motifs is 1. The minimum atomic E-state index is -0.987. The van der Waals surface area contributed by atoms with Crippen LogP contribution in [-0.2, 0) is 4.79 Å². The van der Waals surface area contributed by atoms with E-state index < -0.39 is 28.7 Å². The number of carboxylic acid groups (broad SMARTS) is 1. The highest BCUT2D eigenvalue weighted by Crippen LogP contribution is 2.31. The molecule has 1 amide bonds. The molecule has 2 heterocycles. The third-order valence-electron chi connectivity index (χ3n) is 4.31. The number of nitrogens with zero attached hydrogens (tertiary/aromatic N) is 1. The van der Waals surface area contributed by atoms with Crippen molar-refractivity contribution in [3.05, 3.63) is 46.0 Å². The number of aromatic amines is 1. The highest BCUT2D eigenvalue weighted by atomic mass is 19.1. The third kappa shape index (κ3) is 2.58. The molecule has 0 radical (unpaired) electrons. The van der Waals surface area contributed by atoms with E-state index in [2.05, 4.69) is 4.98 Å². The van der Waals surface area contributed by atoms with Gasteiger partial charge in [0, 0.05) is 24.5 Å². The number of carboxylic acids is 1. The van der Waals surface area contributed by atoms with Crippen LogP contribution < -0.4 is 5.56 Å². The number of carbonyl (C=O) groups is 2. The molecule has 3 rings (SSSR count). The molecular formula is C16H15FN2O4. The van der Waals surface area contributed by atoms with Crippen LogP contribution in [0.2, 0.25) is 0 Å². The van der Waals surface area contributed by atoms with Gasteiger partial charge in [-0.05, 0) is 31.5 Å². The Kier molecular flexibility index (Phi) is 3.43. The van der Waals surface area contributed by atoms with Crippen LogP contribution >= 0.6 is 0 Å². The summed E-state index contributed by atoms with van der Waals surface area (Å²) >= 11 is 0. The number of rotatable bonds is 2. The van der Waals surface area contributed by atoms with Crippen molar-refractivity contribution in [2.75, 3.05) is 13.1 Å². The van der Waals surface area contributed by atoms with Crippen LogP contribution in [-0.4, -0.2) is 40.0 Å². The summed E-state index contributed by atoms with van der Waals surface area (Å²) in [4.78, 5) is 39.6. The predicted molar refractivity (Wildman–Crippen MR) is 80.8 cm³/mol. The van der Waals surface area contributed by atoms with E-state index in [0.29, 0.717) is 18.4 Å². The van der Waals surface area contributed by atoms with Crippen molar-refractivity contribution in [3.8, 4) is 0 Å². The van der Waals surface area contributed by atoms with Gasteiger partial charge in [0.15, 0.2) is 0 Å². The number of H-pyrrole nitrogens is 1. The molecule has 7 heteroatoms. The van der Waals surface area contributed by atoms with E-state index >= 15 is 0 Å². The number of hydrogen-bond donors (Lipinski definition) is 2. The molecule has 120 valence electrons. The maximum absolute atomic E-state index is 13.3. The maximum Gasteiger partial charge on any atom is 0.311 e. The number of aromatic nitrogens is 1. The van der Waals surface area contributed by atoms with Gasteiger partial charge in [0.2, 0.25) is 5.56 Å². The number of carbonyl (C=O) groups excluding carboxylic acids is 1. The average Bonchev–Trinajstić information content (AvgIpc) is 2.89. The Morgan fingerprint density at radius 1 is 1.35 bits per heavy atom. The van der Waals surface area contributed by atoms with Gasteiger partial charge in [-0.3, -0.25) is 14.4 Å². The second kappa shape index (κ2) is 5.19. The van der Waals surface area contributed by atoms with Gasteiger partial charge in [0.1, 0.15) is 5.82 Å². The number of amides is 1. The summed E-state index contributed by atoms with van der Waals surface area (Å²) in [5.74, 6) is -1.89. The van der Waals surface area contributed by atoms with E-state index in [-0.39, 0.29) is 17.6 Å². The van der Waals surface area contributed by atoms with Gasteiger partial charge in [-0.1, -0.05) is 0 Å². The molecule has 1 atom stereocenters. The summed E-state index contributed by atoms with van der Waals surface area (Å²) in [7, 11) is 0. The van der Waals surface area contributed by atoms with Gasteiger partial charge in [0.25, 0.3) is 5.91 Å². The Balaban J connectivity index is 2.02. The molecule has 1 aliphatic rings. The second-order valence-corrected chi connectivity index (χ2v) is 6.08. The number of benzene rings is 1. The molecule has 2 aromatic rings. The Morgan fingerprint density at radius 3 is 2.74 bits per heavy atom. The standard InChI is InChI=1S/C16H15FN2O4/c1-16(15(22)23)4-5-19(8-16)14(21)11-7-13(20)18-12-6-9(17)2-3-10(11)12/h2-3,6-7H,4-5,8H2,1H3,(H,18,20)(H,22,23)/t16-/m0/s1. The van der Waals surface area contributed by atoms with Gasteiger partial charge < -0.3 is 15.0 Å². The fourth-order valence-corrected chi connectivity index (χ4v) is 2.89. The molecule has 0 saturated carbocycles. The highest BCUT2D eigenvalue weighted by molar-refractivity contribution is 6.06. The molecule has 1 aromatic heterocycles. The smallest absolute Gasteiger partial charge is 0.311 e. The van der Waals surface area contributed by atoms with Crippen LogP contribution in [0.4, 0.5) is 4.39 Å². The van der Waals surface area contributed by atoms with Crippen LogP contribution in [0, 0.1) is 11.2 Å². The lowest BCUT2D eigenvalue weighted by Crippen LogP contribution is -2.35. The molecule has 0 unspecified atom stereocenters. The molecule has 0 bridgehead atoms. The van der Waals surface area contributed by atoms with Crippen LogP contribution in [0.15, 0.2) is 29.1 Å². The SMILES string of the molecule is C[C@]1(C(=O)O)CCN(C(=O)c2cc(=O)[nH]c3cc(F)ccc23)C1. The fraction of sp³-hybridized carbons (Fsp3) is 0.312. The quantitative estimate of drug-likeness (QED) is 0.880. The van der Waals surface area contributed by atoms with E-state index in [9.17, 15) is 23.9 Å². The first-order valence-corrected chi connectivity index (χ1v) is 7.15. The van der Waals surface area contributed by atoms with Crippen molar-refractivity contribution >= 4 is 22.8 Å². The van der Waals surface area contributed by atoms with Crippen molar-refractivity contribution in [3.63, 3.8) is 0 Å². The van der Waals surface area contributed by atoms with Crippen molar-refractivity contribution in [1.29, 1.82) is 0 Å². The summed E-state index contributed by atoms with van der Waals surface area (Å²) in [6.07, 6.45) is 0.351. The molecule has 1 saturated heterocycles. The molecule has 1 aliphatic heterocycles. The first-order chi connectivity index (χ1) is 10.8. The highest BCUT2D eigenvalue weighted by Gasteiger charge is 2.42. The average molecular weight is 318 g/mol. The Labute approximate surface area is 130 Å². The van der Waals surface area contributed by atoms with E-state index in [1.807, 2.05) is 0 Å². The minimum absolute atomic E-state index is 0.0800.